The second-order valence-electron chi connectivity index (χ2n) is 6.05. The second-order valence-corrected chi connectivity index (χ2v) is 6.05. The van der Waals surface area contributed by atoms with E-state index in [-0.39, 0.29) is 22.6 Å². The minimum atomic E-state index is -0.281. The molecule has 3 nitrogen and oxygen atoms in total. The zero-order valence-electron chi connectivity index (χ0n) is 12.7. The summed E-state index contributed by atoms with van der Waals surface area (Å²) in [4.78, 5) is 24.6. The molecule has 0 amide bonds. The minimum absolute atomic E-state index is 0.134. The Balaban J connectivity index is 2.26. The van der Waals surface area contributed by atoms with Gasteiger partial charge in [0.25, 0.3) is 0 Å². The molecular weight excluding hydrogens is 264 g/mol. The highest BCUT2D eigenvalue weighted by Gasteiger charge is 2.35. The predicted molar refractivity (Wildman–Crippen MR) is 82.5 cm³/mol. The number of hydrogen-bond acceptors (Lipinski definition) is 3. The van der Waals surface area contributed by atoms with Crippen LogP contribution in [0.15, 0.2) is 47.7 Å². The number of allylic oxidation sites excluding steroid dienone is 3. The molecule has 110 valence electrons. The molecule has 0 spiro atoms. The van der Waals surface area contributed by atoms with Crippen LogP contribution in [0.3, 0.4) is 0 Å². The van der Waals surface area contributed by atoms with Gasteiger partial charge in [0.15, 0.2) is 11.6 Å². The van der Waals surface area contributed by atoms with Crippen molar-refractivity contribution in [3.05, 3.63) is 53.3 Å². The first-order chi connectivity index (χ1) is 9.93. The van der Waals surface area contributed by atoms with E-state index >= 15 is 0 Å². The first-order valence-electron chi connectivity index (χ1n) is 7.01. The van der Waals surface area contributed by atoms with Gasteiger partial charge in [-0.1, -0.05) is 50.3 Å². The van der Waals surface area contributed by atoms with Crippen molar-refractivity contribution in [3.8, 4) is 0 Å². The van der Waals surface area contributed by atoms with Crippen molar-refractivity contribution in [2.24, 2.45) is 5.41 Å². The van der Waals surface area contributed by atoms with Gasteiger partial charge in [-0.25, -0.2) is 0 Å². The summed E-state index contributed by atoms with van der Waals surface area (Å²) in [7, 11) is 1.51. The third-order valence-electron chi connectivity index (χ3n) is 3.56. The van der Waals surface area contributed by atoms with Crippen LogP contribution in [0.1, 0.15) is 32.3 Å². The lowest BCUT2D eigenvalue weighted by molar-refractivity contribution is -0.122. The van der Waals surface area contributed by atoms with Gasteiger partial charge in [0.05, 0.1) is 7.11 Å². The first-order valence-corrected chi connectivity index (χ1v) is 7.01. The van der Waals surface area contributed by atoms with Crippen LogP contribution in [0.4, 0.5) is 0 Å². The average Bonchev–Trinajstić information content (AvgIpc) is 2.44. The Morgan fingerprint density at radius 1 is 1.19 bits per heavy atom. The highest BCUT2D eigenvalue weighted by molar-refractivity contribution is 6.25. The third-order valence-corrected chi connectivity index (χ3v) is 3.56. The number of ketones is 2. The molecule has 0 unspecified atom stereocenters. The zero-order valence-corrected chi connectivity index (χ0v) is 12.7. The van der Waals surface area contributed by atoms with Crippen LogP contribution < -0.4 is 0 Å². The van der Waals surface area contributed by atoms with E-state index in [9.17, 15) is 9.59 Å². The lowest BCUT2D eigenvalue weighted by atomic mass is 9.75. The molecule has 21 heavy (non-hydrogen) atoms. The highest BCUT2D eigenvalue weighted by atomic mass is 16.5. The van der Waals surface area contributed by atoms with Crippen molar-refractivity contribution >= 4 is 17.6 Å². The fourth-order valence-electron chi connectivity index (χ4n) is 2.53. The Morgan fingerprint density at radius 3 is 2.48 bits per heavy atom. The molecule has 1 aromatic rings. The summed E-state index contributed by atoms with van der Waals surface area (Å²) in [5, 5.41) is 0. The smallest absolute Gasteiger partial charge is 0.192 e. The zero-order chi connectivity index (χ0) is 15.5. The maximum absolute atomic E-state index is 12.3. The molecule has 0 bridgehead atoms. The van der Waals surface area contributed by atoms with E-state index in [0.29, 0.717) is 18.6 Å². The molecule has 0 aliphatic heterocycles. The summed E-state index contributed by atoms with van der Waals surface area (Å²) in [6, 6.07) is 9.52. The standard InChI is InChI=1S/C18H20O3/c1-18(2)11-15(20)17(16(12-18)21-3)14(19)10-9-13-7-5-4-6-8-13/h4-10H,11-12H2,1-3H3. The normalized spacial score (nSPS) is 18.1. The topological polar surface area (TPSA) is 43.4 Å². The van der Waals surface area contributed by atoms with E-state index in [2.05, 4.69) is 0 Å². The fraction of sp³-hybridized carbons (Fsp3) is 0.333. The van der Waals surface area contributed by atoms with Gasteiger partial charge in [0, 0.05) is 12.8 Å². The summed E-state index contributed by atoms with van der Waals surface area (Å²) >= 11 is 0. The monoisotopic (exact) mass is 284 g/mol. The molecule has 2 rings (SSSR count). The summed E-state index contributed by atoms with van der Waals surface area (Å²) in [5.74, 6) is 0.0842. The van der Waals surface area contributed by atoms with Crippen LogP contribution in [0.25, 0.3) is 6.08 Å². The van der Waals surface area contributed by atoms with Gasteiger partial charge >= 0.3 is 0 Å². The Hall–Kier alpha value is -2.16. The van der Waals surface area contributed by atoms with E-state index in [0.717, 1.165) is 5.56 Å². The van der Waals surface area contributed by atoms with Crippen LogP contribution in [0.5, 0.6) is 0 Å². The Kier molecular flexibility index (Phi) is 4.41. The summed E-state index contributed by atoms with van der Waals surface area (Å²) in [6.07, 6.45) is 4.14. The van der Waals surface area contributed by atoms with Crippen molar-refractivity contribution in [3.63, 3.8) is 0 Å². The number of carbonyl (C=O) groups excluding carboxylic acids is 2. The number of rotatable bonds is 4. The van der Waals surface area contributed by atoms with Crippen LogP contribution >= 0.6 is 0 Å². The molecule has 0 atom stereocenters. The lowest BCUT2D eigenvalue weighted by Crippen LogP contribution is -2.29. The van der Waals surface area contributed by atoms with Gasteiger partial charge in [0.2, 0.25) is 0 Å². The van der Waals surface area contributed by atoms with Gasteiger partial charge in [-0.3, -0.25) is 9.59 Å². The number of carbonyl (C=O) groups is 2. The highest BCUT2D eigenvalue weighted by Crippen LogP contribution is 2.37. The quantitative estimate of drug-likeness (QED) is 0.627. The van der Waals surface area contributed by atoms with E-state index in [1.54, 1.807) is 6.08 Å². The van der Waals surface area contributed by atoms with Crippen LogP contribution in [-0.2, 0) is 14.3 Å². The first kappa shape index (κ1) is 15.2. The summed E-state index contributed by atoms with van der Waals surface area (Å²) in [5.41, 5.74) is 0.966. The molecule has 0 fully saturated rings. The second kappa shape index (κ2) is 6.08. The number of Topliss-reactive ketones (excluding diaryl/α,β-unsaturated/α-hetero) is 1. The van der Waals surface area contributed by atoms with Crippen molar-refractivity contribution in [2.75, 3.05) is 7.11 Å². The van der Waals surface area contributed by atoms with Crippen LogP contribution in [0.2, 0.25) is 0 Å². The molecule has 1 aliphatic carbocycles. The van der Waals surface area contributed by atoms with Crippen LogP contribution in [-0.4, -0.2) is 18.7 Å². The molecule has 0 saturated heterocycles. The van der Waals surface area contributed by atoms with Gasteiger partial charge < -0.3 is 4.74 Å². The molecular formula is C18H20O3. The van der Waals surface area contributed by atoms with Crippen molar-refractivity contribution in [1.29, 1.82) is 0 Å². The van der Waals surface area contributed by atoms with Crippen molar-refractivity contribution in [2.45, 2.75) is 26.7 Å². The maximum atomic E-state index is 12.3. The number of methoxy groups -OCH3 is 1. The summed E-state index contributed by atoms with van der Waals surface area (Å²) in [6.45, 7) is 4.01. The SMILES string of the molecule is COC1=C(C(=O)C=Cc2ccccc2)C(=O)CC(C)(C)C1. The molecule has 3 heteroatoms. The number of ether oxygens (including phenoxy) is 1. The minimum Gasteiger partial charge on any atom is -0.500 e. The van der Waals surface area contributed by atoms with E-state index in [1.807, 2.05) is 44.2 Å². The Bertz CT molecular complexity index is 607. The lowest BCUT2D eigenvalue weighted by Gasteiger charge is -2.30. The molecule has 0 heterocycles. The Labute approximate surface area is 125 Å². The van der Waals surface area contributed by atoms with Crippen molar-refractivity contribution in [1.82, 2.24) is 0 Å². The van der Waals surface area contributed by atoms with Gasteiger partial charge in [-0.05, 0) is 17.1 Å². The molecule has 1 aromatic carbocycles. The molecule has 0 aromatic heterocycles. The maximum Gasteiger partial charge on any atom is 0.192 e. The third kappa shape index (κ3) is 3.69. The van der Waals surface area contributed by atoms with Gasteiger partial charge in [0.1, 0.15) is 11.3 Å². The predicted octanol–water partition coefficient (Wildman–Crippen LogP) is 3.56. The van der Waals surface area contributed by atoms with E-state index in [4.69, 9.17) is 4.74 Å². The Morgan fingerprint density at radius 2 is 1.86 bits per heavy atom. The van der Waals surface area contributed by atoms with Crippen LogP contribution in [0, 0.1) is 5.41 Å². The molecule has 1 aliphatic rings. The molecule has 0 radical (unpaired) electrons. The molecule has 0 N–H and O–H groups in total. The number of benzene rings is 1. The molecule has 0 saturated carbocycles. The van der Waals surface area contributed by atoms with Gasteiger partial charge in [-0.15, -0.1) is 0 Å². The summed E-state index contributed by atoms with van der Waals surface area (Å²) < 4.78 is 5.29. The number of hydrogen-bond donors (Lipinski definition) is 0. The largest absolute Gasteiger partial charge is 0.500 e. The van der Waals surface area contributed by atoms with E-state index in [1.165, 1.54) is 13.2 Å². The van der Waals surface area contributed by atoms with Crippen molar-refractivity contribution < 1.29 is 14.3 Å². The van der Waals surface area contributed by atoms with E-state index < -0.39 is 0 Å². The average molecular weight is 284 g/mol. The van der Waals surface area contributed by atoms with Gasteiger partial charge in [-0.2, -0.15) is 0 Å². The fourth-order valence-corrected chi connectivity index (χ4v) is 2.53.